The number of benzene rings is 2. The third kappa shape index (κ3) is 2.57. The highest BCUT2D eigenvalue weighted by molar-refractivity contribution is 6.22. The number of carbonyl (C=O) groups is 2. The predicted octanol–water partition coefficient (Wildman–Crippen LogP) is 3.20. The van der Waals surface area contributed by atoms with Crippen LogP contribution >= 0.6 is 11.6 Å². The summed E-state index contributed by atoms with van der Waals surface area (Å²) in [5.41, 5.74) is 4.66. The Balaban J connectivity index is 1.36. The van der Waals surface area contributed by atoms with Crippen LogP contribution in [0.4, 0.5) is 4.79 Å². The molecule has 2 aromatic carbocycles. The molecule has 2 aliphatic heterocycles. The number of rotatable bonds is 2. The standard InChI is InChI=1S/C21H18ClNO4/c22-17-9-23(19-18(24)11-26-20(17)19)21(25)27-10-16-14-7-3-1-5-12(14)13-6-2-4-8-15(13)16/h1-8,16-17,19-20H,9-11H2. The van der Waals surface area contributed by atoms with Gasteiger partial charge in [-0.2, -0.15) is 0 Å². The number of hydrogen-bond acceptors (Lipinski definition) is 4. The maximum atomic E-state index is 12.7. The normalized spacial score (nSPS) is 26.0. The molecular weight excluding hydrogens is 366 g/mol. The molecule has 2 fully saturated rings. The minimum Gasteiger partial charge on any atom is -0.448 e. The molecule has 3 aliphatic rings. The largest absolute Gasteiger partial charge is 0.448 e. The smallest absolute Gasteiger partial charge is 0.410 e. The van der Waals surface area contributed by atoms with E-state index >= 15 is 0 Å². The summed E-state index contributed by atoms with van der Waals surface area (Å²) in [4.78, 5) is 26.2. The van der Waals surface area contributed by atoms with Crippen LogP contribution in [0.25, 0.3) is 11.1 Å². The van der Waals surface area contributed by atoms with Crippen LogP contribution in [0.3, 0.4) is 0 Å². The fourth-order valence-corrected chi connectivity index (χ4v) is 4.82. The summed E-state index contributed by atoms with van der Waals surface area (Å²) in [6.07, 6.45) is -0.937. The Morgan fingerprint density at radius 3 is 2.41 bits per heavy atom. The van der Waals surface area contributed by atoms with E-state index in [1.54, 1.807) is 0 Å². The second-order valence-electron chi connectivity index (χ2n) is 7.16. The first-order valence-corrected chi connectivity index (χ1v) is 9.49. The van der Waals surface area contributed by atoms with Gasteiger partial charge in [-0.15, -0.1) is 11.6 Å². The lowest BCUT2D eigenvalue weighted by atomic mass is 9.98. The topological polar surface area (TPSA) is 55.8 Å². The molecule has 2 heterocycles. The summed E-state index contributed by atoms with van der Waals surface area (Å²) < 4.78 is 11.1. The van der Waals surface area contributed by atoms with E-state index in [0.29, 0.717) is 0 Å². The van der Waals surface area contributed by atoms with Crippen molar-refractivity contribution >= 4 is 23.5 Å². The number of ether oxygens (including phenoxy) is 2. The Labute approximate surface area is 161 Å². The summed E-state index contributed by atoms with van der Waals surface area (Å²) in [7, 11) is 0. The summed E-state index contributed by atoms with van der Waals surface area (Å²) in [5.74, 6) is -0.126. The van der Waals surface area contributed by atoms with Gasteiger partial charge in [-0.1, -0.05) is 48.5 Å². The van der Waals surface area contributed by atoms with E-state index in [0.717, 1.165) is 11.1 Å². The Morgan fingerprint density at radius 2 is 1.74 bits per heavy atom. The predicted molar refractivity (Wildman–Crippen MR) is 100.0 cm³/mol. The van der Waals surface area contributed by atoms with Crippen LogP contribution in [0, 0.1) is 0 Å². The number of fused-ring (bicyclic) bond motifs is 4. The number of Topliss-reactive ketones (excluding diaryl/α,β-unsaturated/α-hetero) is 1. The number of likely N-dealkylation sites (tertiary alicyclic amines) is 1. The number of alkyl halides is 1. The van der Waals surface area contributed by atoms with Gasteiger partial charge in [0.2, 0.25) is 0 Å². The molecular formula is C21H18ClNO4. The summed E-state index contributed by atoms with van der Waals surface area (Å²) in [5, 5.41) is -0.387. The molecule has 138 valence electrons. The van der Waals surface area contributed by atoms with Gasteiger partial charge in [0, 0.05) is 12.5 Å². The fourth-order valence-electron chi connectivity index (χ4n) is 4.46. The van der Waals surface area contributed by atoms with E-state index in [2.05, 4.69) is 24.3 Å². The lowest BCUT2D eigenvalue weighted by molar-refractivity contribution is -0.121. The highest BCUT2D eigenvalue weighted by Gasteiger charge is 2.52. The summed E-state index contributed by atoms with van der Waals surface area (Å²) in [6, 6.07) is 15.7. The zero-order valence-corrected chi connectivity index (χ0v) is 15.3. The second-order valence-corrected chi connectivity index (χ2v) is 7.72. The Morgan fingerprint density at radius 1 is 1.11 bits per heavy atom. The molecule has 0 radical (unpaired) electrons. The van der Waals surface area contributed by atoms with Crippen molar-refractivity contribution in [3.63, 3.8) is 0 Å². The molecule has 0 spiro atoms. The lowest BCUT2D eigenvalue weighted by Gasteiger charge is -2.22. The lowest BCUT2D eigenvalue weighted by Crippen LogP contribution is -2.42. The Bertz CT molecular complexity index is 884. The van der Waals surface area contributed by atoms with Crippen molar-refractivity contribution in [1.29, 1.82) is 0 Å². The maximum Gasteiger partial charge on any atom is 0.410 e. The second kappa shape index (κ2) is 6.36. The Kier molecular flexibility index (Phi) is 3.95. The molecule has 2 aromatic rings. The van der Waals surface area contributed by atoms with Crippen molar-refractivity contribution in [2.45, 2.75) is 23.4 Å². The third-order valence-corrected chi connectivity index (χ3v) is 6.08. The first-order chi connectivity index (χ1) is 13.1. The van der Waals surface area contributed by atoms with Gasteiger partial charge in [-0.3, -0.25) is 9.69 Å². The van der Waals surface area contributed by atoms with E-state index in [9.17, 15) is 9.59 Å². The van der Waals surface area contributed by atoms with Crippen LogP contribution in [0.1, 0.15) is 17.0 Å². The van der Waals surface area contributed by atoms with E-state index in [1.165, 1.54) is 16.0 Å². The highest BCUT2D eigenvalue weighted by atomic mass is 35.5. The molecule has 27 heavy (non-hydrogen) atoms. The van der Waals surface area contributed by atoms with E-state index in [4.69, 9.17) is 21.1 Å². The molecule has 6 heteroatoms. The number of halogens is 1. The van der Waals surface area contributed by atoms with Gasteiger partial charge in [0.05, 0.1) is 5.38 Å². The first kappa shape index (κ1) is 16.8. The van der Waals surface area contributed by atoms with Crippen LogP contribution in [0.2, 0.25) is 0 Å². The number of carbonyl (C=O) groups excluding carboxylic acids is 2. The van der Waals surface area contributed by atoms with E-state index < -0.39 is 18.2 Å². The number of nitrogens with zero attached hydrogens (tertiary/aromatic N) is 1. The minimum atomic E-state index is -0.622. The first-order valence-electron chi connectivity index (χ1n) is 9.05. The van der Waals surface area contributed by atoms with Crippen LogP contribution in [0.15, 0.2) is 48.5 Å². The van der Waals surface area contributed by atoms with Crippen molar-refractivity contribution in [3.8, 4) is 11.1 Å². The van der Waals surface area contributed by atoms with Gasteiger partial charge in [0.25, 0.3) is 0 Å². The van der Waals surface area contributed by atoms with Gasteiger partial charge in [0.15, 0.2) is 5.78 Å². The maximum absolute atomic E-state index is 12.7. The molecule has 5 nitrogen and oxygen atoms in total. The third-order valence-electron chi connectivity index (χ3n) is 5.69. The summed E-state index contributed by atoms with van der Waals surface area (Å²) in [6.45, 7) is 0.494. The fraction of sp³-hybridized carbons (Fsp3) is 0.333. The SMILES string of the molecule is O=C1COC2C(Cl)CN(C(=O)OCC3c4ccccc4-c4ccccc43)C12. The van der Waals surface area contributed by atoms with E-state index in [-0.39, 0.29) is 36.8 Å². The van der Waals surface area contributed by atoms with Crippen LogP contribution in [-0.2, 0) is 14.3 Å². The van der Waals surface area contributed by atoms with Crippen molar-refractivity contribution in [2.75, 3.05) is 19.8 Å². The number of amides is 1. The number of ketones is 1. The number of hydrogen-bond donors (Lipinski definition) is 0. The molecule has 2 saturated heterocycles. The van der Waals surface area contributed by atoms with Gasteiger partial charge in [-0.25, -0.2) is 4.79 Å². The minimum absolute atomic E-state index is 0.00566. The van der Waals surface area contributed by atoms with Gasteiger partial charge in [-0.05, 0) is 22.3 Å². The average molecular weight is 384 g/mol. The van der Waals surface area contributed by atoms with Crippen LogP contribution in [-0.4, -0.2) is 54.1 Å². The molecule has 0 aromatic heterocycles. The zero-order valence-electron chi connectivity index (χ0n) is 14.5. The molecule has 0 bridgehead atoms. The molecule has 0 saturated carbocycles. The van der Waals surface area contributed by atoms with Crippen molar-refractivity contribution in [3.05, 3.63) is 59.7 Å². The molecule has 3 atom stereocenters. The highest BCUT2D eigenvalue weighted by Crippen LogP contribution is 2.44. The van der Waals surface area contributed by atoms with Crippen LogP contribution in [0.5, 0.6) is 0 Å². The molecule has 3 unspecified atom stereocenters. The quantitative estimate of drug-likeness (QED) is 0.747. The zero-order chi connectivity index (χ0) is 18.5. The van der Waals surface area contributed by atoms with Crippen LogP contribution < -0.4 is 0 Å². The van der Waals surface area contributed by atoms with E-state index in [1.807, 2.05) is 24.3 Å². The van der Waals surface area contributed by atoms with Gasteiger partial charge >= 0.3 is 6.09 Å². The molecule has 1 amide bonds. The van der Waals surface area contributed by atoms with Gasteiger partial charge < -0.3 is 9.47 Å². The van der Waals surface area contributed by atoms with Gasteiger partial charge in [0.1, 0.15) is 25.4 Å². The molecule has 0 N–H and O–H groups in total. The van der Waals surface area contributed by atoms with Crippen molar-refractivity contribution < 1.29 is 19.1 Å². The van der Waals surface area contributed by atoms with Crippen molar-refractivity contribution in [1.82, 2.24) is 4.90 Å². The summed E-state index contributed by atoms with van der Waals surface area (Å²) >= 11 is 6.25. The molecule has 5 rings (SSSR count). The Hall–Kier alpha value is -2.37. The monoisotopic (exact) mass is 383 g/mol. The van der Waals surface area contributed by atoms with Crippen molar-refractivity contribution in [2.24, 2.45) is 0 Å². The average Bonchev–Trinajstić information content (AvgIpc) is 3.33. The molecule has 1 aliphatic carbocycles.